The summed E-state index contributed by atoms with van der Waals surface area (Å²) < 4.78 is 51.4. The maximum absolute atomic E-state index is 13.7. The third-order valence-corrected chi connectivity index (χ3v) is 5.32. The van der Waals surface area contributed by atoms with Crippen LogP contribution in [0.1, 0.15) is 11.1 Å². The molecule has 0 atom stereocenters. The van der Waals surface area contributed by atoms with E-state index in [0.29, 0.717) is 0 Å². The molecule has 3 aromatic rings. The van der Waals surface area contributed by atoms with Gasteiger partial charge in [0.2, 0.25) is 15.8 Å². The van der Waals surface area contributed by atoms with Crippen LogP contribution in [0.3, 0.4) is 0 Å². The number of rotatable bonds is 4. The summed E-state index contributed by atoms with van der Waals surface area (Å²) in [5.41, 5.74) is 1.57. The largest absolute Gasteiger partial charge is 0.232 e. The number of hydrogen-bond donors (Lipinski definition) is 0. The molecule has 0 bridgehead atoms. The summed E-state index contributed by atoms with van der Waals surface area (Å²) in [7, 11) is -3.96. The second-order valence-corrected chi connectivity index (χ2v) is 7.17. The molecule has 0 radical (unpaired) electrons. The Kier molecular flexibility index (Phi) is 4.72. The SMILES string of the molecule is O=S(=O)(c1ccc(/C=C/c2ccc(F)cc2)cc1)c1cccnc1F. The van der Waals surface area contributed by atoms with Crippen LogP contribution < -0.4 is 0 Å². The van der Waals surface area contributed by atoms with Gasteiger partial charge in [-0.2, -0.15) is 4.39 Å². The normalized spacial score (nSPS) is 11.8. The molecule has 0 unspecified atom stereocenters. The van der Waals surface area contributed by atoms with E-state index in [0.717, 1.165) is 11.1 Å². The van der Waals surface area contributed by atoms with E-state index in [1.54, 1.807) is 36.4 Å². The fraction of sp³-hybridized carbons (Fsp3) is 0. The topological polar surface area (TPSA) is 47.0 Å². The van der Waals surface area contributed by atoms with Gasteiger partial charge in [-0.3, -0.25) is 0 Å². The van der Waals surface area contributed by atoms with Crippen molar-refractivity contribution in [1.82, 2.24) is 4.98 Å². The van der Waals surface area contributed by atoms with Crippen LogP contribution in [0, 0.1) is 11.8 Å². The maximum atomic E-state index is 13.7. The fourth-order valence-corrected chi connectivity index (χ4v) is 3.50. The van der Waals surface area contributed by atoms with Gasteiger partial charge in [0.25, 0.3) is 0 Å². The minimum atomic E-state index is -3.96. The Morgan fingerprint density at radius 1 is 0.800 bits per heavy atom. The number of pyridine rings is 1. The van der Waals surface area contributed by atoms with E-state index in [1.165, 1.54) is 42.6 Å². The van der Waals surface area contributed by atoms with Crippen LogP contribution in [-0.2, 0) is 9.84 Å². The first-order valence-electron chi connectivity index (χ1n) is 7.36. The first-order valence-corrected chi connectivity index (χ1v) is 8.84. The van der Waals surface area contributed by atoms with Crippen LogP contribution in [0.4, 0.5) is 8.78 Å². The lowest BCUT2D eigenvalue weighted by Gasteiger charge is -2.05. The van der Waals surface area contributed by atoms with E-state index in [-0.39, 0.29) is 10.7 Å². The summed E-state index contributed by atoms with van der Waals surface area (Å²) in [4.78, 5) is 2.90. The Morgan fingerprint density at radius 3 is 1.92 bits per heavy atom. The Labute approximate surface area is 144 Å². The summed E-state index contributed by atoms with van der Waals surface area (Å²) in [5.74, 6) is -1.34. The van der Waals surface area contributed by atoms with Crippen LogP contribution in [0.25, 0.3) is 12.2 Å². The zero-order valence-electron chi connectivity index (χ0n) is 12.9. The number of benzene rings is 2. The maximum Gasteiger partial charge on any atom is 0.232 e. The smallest absolute Gasteiger partial charge is 0.227 e. The van der Waals surface area contributed by atoms with Gasteiger partial charge < -0.3 is 0 Å². The monoisotopic (exact) mass is 357 g/mol. The molecule has 0 aliphatic carbocycles. The van der Waals surface area contributed by atoms with E-state index < -0.39 is 20.7 Å². The molecule has 0 aliphatic heterocycles. The van der Waals surface area contributed by atoms with Crippen LogP contribution >= 0.6 is 0 Å². The molecule has 0 aliphatic rings. The van der Waals surface area contributed by atoms with Crippen molar-refractivity contribution in [3.63, 3.8) is 0 Å². The second kappa shape index (κ2) is 6.94. The molecule has 25 heavy (non-hydrogen) atoms. The lowest BCUT2D eigenvalue weighted by atomic mass is 10.1. The summed E-state index contributed by atoms with van der Waals surface area (Å²) >= 11 is 0. The highest BCUT2D eigenvalue weighted by Gasteiger charge is 2.21. The number of halogens is 2. The van der Waals surface area contributed by atoms with E-state index >= 15 is 0 Å². The van der Waals surface area contributed by atoms with Crippen molar-refractivity contribution in [3.8, 4) is 0 Å². The molecule has 0 amide bonds. The quantitative estimate of drug-likeness (QED) is 0.515. The van der Waals surface area contributed by atoms with Crippen molar-refractivity contribution in [2.45, 2.75) is 9.79 Å². The van der Waals surface area contributed by atoms with E-state index in [4.69, 9.17) is 0 Å². The lowest BCUT2D eigenvalue weighted by molar-refractivity contribution is 0.538. The molecule has 6 heteroatoms. The molecule has 3 nitrogen and oxygen atoms in total. The molecule has 0 saturated carbocycles. The molecular formula is C19H13F2NO2S. The number of nitrogens with zero attached hydrogens (tertiary/aromatic N) is 1. The molecule has 1 aromatic heterocycles. The van der Waals surface area contributed by atoms with E-state index in [9.17, 15) is 17.2 Å². The minimum Gasteiger partial charge on any atom is -0.227 e. The predicted molar refractivity (Wildman–Crippen MR) is 91.4 cm³/mol. The molecule has 0 N–H and O–H groups in total. The number of aromatic nitrogens is 1. The van der Waals surface area contributed by atoms with Crippen molar-refractivity contribution < 1.29 is 17.2 Å². The highest BCUT2D eigenvalue weighted by molar-refractivity contribution is 7.91. The zero-order chi connectivity index (χ0) is 17.9. The predicted octanol–water partition coefficient (Wildman–Crippen LogP) is 4.36. The first kappa shape index (κ1) is 17.0. The lowest BCUT2D eigenvalue weighted by Crippen LogP contribution is -2.05. The number of hydrogen-bond acceptors (Lipinski definition) is 3. The summed E-state index contributed by atoms with van der Waals surface area (Å²) in [6.45, 7) is 0. The van der Waals surface area contributed by atoms with Crippen LogP contribution in [0.15, 0.2) is 76.7 Å². The molecule has 3 rings (SSSR count). The van der Waals surface area contributed by atoms with Gasteiger partial charge in [0, 0.05) is 6.20 Å². The molecule has 2 aromatic carbocycles. The highest BCUT2D eigenvalue weighted by atomic mass is 32.2. The summed E-state index contributed by atoms with van der Waals surface area (Å²) in [6, 6.07) is 14.6. The van der Waals surface area contributed by atoms with Gasteiger partial charge in [0.15, 0.2) is 0 Å². The molecule has 0 spiro atoms. The van der Waals surface area contributed by atoms with Crippen molar-refractivity contribution in [2.75, 3.05) is 0 Å². The first-order chi connectivity index (χ1) is 12.0. The van der Waals surface area contributed by atoms with Gasteiger partial charge in [0.1, 0.15) is 10.7 Å². The van der Waals surface area contributed by atoms with Crippen molar-refractivity contribution in [3.05, 3.63) is 89.8 Å². The minimum absolute atomic E-state index is 0.0154. The van der Waals surface area contributed by atoms with Gasteiger partial charge in [-0.1, -0.05) is 36.4 Å². The number of sulfone groups is 1. The van der Waals surface area contributed by atoms with E-state index in [2.05, 4.69) is 4.98 Å². The van der Waals surface area contributed by atoms with Crippen molar-refractivity contribution in [1.29, 1.82) is 0 Å². The van der Waals surface area contributed by atoms with E-state index in [1.807, 2.05) is 0 Å². The molecular weight excluding hydrogens is 344 g/mol. The fourth-order valence-electron chi connectivity index (χ4n) is 2.22. The van der Waals surface area contributed by atoms with Crippen LogP contribution in [-0.4, -0.2) is 13.4 Å². The third-order valence-electron chi connectivity index (χ3n) is 3.54. The molecule has 126 valence electrons. The second-order valence-electron chi connectivity index (χ2n) is 5.25. The molecule has 1 heterocycles. The van der Waals surface area contributed by atoms with Gasteiger partial charge in [-0.25, -0.2) is 17.8 Å². The van der Waals surface area contributed by atoms with Crippen molar-refractivity contribution >= 4 is 22.0 Å². The van der Waals surface area contributed by atoms with Gasteiger partial charge in [0.05, 0.1) is 4.90 Å². The Hall–Kier alpha value is -2.86. The summed E-state index contributed by atoms with van der Waals surface area (Å²) in [5, 5.41) is 0. The van der Waals surface area contributed by atoms with Gasteiger partial charge in [-0.15, -0.1) is 0 Å². The average Bonchev–Trinajstić information content (AvgIpc) is 2.62. The molecule has 0 saturated heterocycles. The van der Waals surface area contributed by atoms with Crippen LogP contribution in [0.5, 0.6) is 0 Å². The Balaban J connectivity index is 1.85. The van der Waals surface area contributed by atoms with Gasteiger partial charge >= 0.3 is 0 Å². The van der Waals surface area contributed by atoms with Crippen molar-refractivity contribution in [2.24, 2.45) is 0 Å². The third kappa shape index (κ3) is 3.80. The summed E-state index contributed by atoms with van der Waals surface area (Å²) in [6.07, 6.45) is 4.75. The Bertz CT molecular complexity index is 1010. The average molecular weight is 357 g/mol. The van der Waals surface area contributed by atoms with Crippen LogP contribution in [0.2, 0.25) is 0 Å². The Morgan fingerprint density at radius 2 is 1.36 bits per heavy atom. The zero-order valence-corrected chi connectivity index (χ0v) is 13.7. The van der Waals surface area contributed by atoms with Gasteiger partial charge in [-0.05, 0) is 47.5 Å². The molecule has 0 fully saturated rings. The standard InChI is InChI=1S/C19H13F2NO2S/c20-16-9-5-14(6-10-16)3-4-15-7-11-17(12-8-15)25(23,24)18-2-1-13-22-19(18)21/h1-13H/b4-3+. The highest BCUT2D eigenvalue weighted by Crippen LogP contribution is 2.23.